The summed E-state index contributed by atoms with van der Waals surface area (Å²) < 4.78 is 24.2. The molecule has 0 saturated carbocycles. The minimum atomic E-state index is -1.18. The predicted molar refractivity (Wildman–Crippen MR) is 56.7 cm³/mol. The van der Waals surface area contributed by atoms with Crippen molar-refractivity contribution < 1.29 is 23.8 Å². The minimum Gasteiger partial charge on any atom is -0.486 e. The number of benzene rings is 1. The van der Waals surface area contributed by atoms with Crippen molar-refractivity contribution in [1.82, 2.24) is 0 Å². The third-order valence-corrected chi connectivity index (χ3v) is 2.50. The van der Waals surface area contributed by atoms with E-state index in [1.807, 2.05) is 0 Å². The Hall–Kier alpha value is -1.82. The smallest absolute Gasteiger partial charge is 0.320 e. The van der Waals surface area contributed by atoms with Gasteiger partial charge in [0.05, 0.1) is 0 Å². The lowest BCUT2D eigenvalue weighted by Gasteiger charge is -2.22. The van der Waals surface area contributed by atoms with E-state index in [-0.39, 0.29) is 17.7 Å². The maximum atomic E-state index is 13.6. The zero-order valence-corrected chi connectivity index (χ0v) is 8.98. The molecule has 2 rings (SSSR count). The molecule has 0 aromatic heterocycles. The number of aliphatic carboxylic acids is 1. The Labute approximate surface area is 96.9 Å². The number of ether oxygens (including phenoxy) is 2. The average molecular weight is 241 g/mol. The summed E-state index contributed by atoms with van der Waals surface area (Å²) in [4.78, 5) is 10.7. The molecule has 0 saturated heterocycles. The molecule has 1 heterocycles. The average Bonchev–Trinajstić information content (AvgIpc) is 2.32. The third-order valence-electron chi connectivity index (χ3n) is 2.50. The van der Waals surface area contributed by atoms with E-state index < -0.39 is 17.8 Å². The van der Waals surface area contributed by atoms with Gasteiger partial charge in [-0.15, -0.1) is 0 Å². The van der Waals surface area contributed by atoms with Gasteiger partial charge in [-0.2, -0.15) is 0 Å². The molecule has 1 aliphatic heterocycles. The van der Waals surface area contributed by atoms with Crippen molar-refractivity contribution in [2.24, 2.45) is 5.73 Å². The highest BCUT2D eigenvalue weighted by molar-refractivity contribution is 5.73. The molecule has 1 aromatic rings. The van der Waals surface area contributed by atoms with Crippen LogP contribution in [-0.4, -0.2) is 30.3 Å². The standard InChI is InChI=1S/C11H12FNO4/c12-7-1-2-9-10(17-4-3-16-9)6(7)5-8(13)11(14)15/h1-2,8H,3-5,13H2,(H,14,15). The number of carboxylic acid groups (broad SMARTS) is 1. The van der Waals surface area contributed by atoms with Crippen LogP contribution in [0.2, 0.25) is 0 Å². The number of carbonyl (C=O) groups is 1. The highest BCUT2D eigenvalue weighted by atomic mass is 19.1. The van der Waals surface area contributed by atoms with Gasteiger partial charge >= 0.3 is 5.97 Å². The lowest BCUT2D eigenvalue weighted by Crippen LogP contribution is -2.33. The molecule has 3 N–H and O–H groups in total. The molecule has 6 heteroatoms. The highest BCUT2D eigenvalue weighted by Crippen LogP contribution is 2.35. The van der Waals surface area contributed by atoms with Gasteiger partial charge in [0.25, 0.3) is 0 Å². The second-order valence-corrected chi connectivity index (χ2v) is 3.70. The zero-order valence-electron chi connectivity index (χ0n) is 8.98. The van der Waals surface area contributed by atoms with Crippen LogP contribution in [0.5, 0.6) is 11.5 Å². The Balaban J connectivity index is 2.34. The van der Waals surface area contributed by atoms with Gasteiger partial charge in [-0.3, -0.25) is 4.79 Å². The van der Waals surface area contributed by atoms with Gasteiger partial charge in [0, 0.05) is 12.0 Å². The van der Waals surface area contributed by atoms with Crippen molar-refractivity contribution in [3.63, 3.8) is 0 Å². The molecule has 1 unspecified atom stereocenters. The summed E-state index contributed by atoms with van der Waals surface area (Å²) in [6.45, 7) is 0.703. The van der Waals surface area contributed by atoms with E-state index in [0.29, 0.717) is 19.0 Å². The van der Waals surface area contributed by atoms with Crippen molar-refractivity contribution >= 4 is 5.97 Å². The van der Waals surface area contributed by atoms with Crippen LogP contribution in [0.15, 0.2) is 12.1 Å². The third kappa shape index (κ3) is 2.31. The molecule has 0 amide bonds. The summed E-state index contributed by atoms with van der Waals surface area (Å²) >= 11 is 0. The maximum Gasteiger partial charge on any atom is 0.320 e. The lowest BCUT2D eigenvalue weighted by atomic mass is 10.0. The maximum absolute atomic E-state index is 13.6. The van der Waals surface area contributed by atoms with Gasteiger partial charge in [0.2, 0.25) is 0 Å². The highest BCUT2D eigenvalue weighted by Gasteiger charge is 2.23. The first-order chi connectivity index (χ1) is 8.09. The largest absolute Gasteiger partial charge is 0.486 e. The second kappa shape index (κ2) is 4.58. The molecule has 1 aromatic carbocycles. The quantitative estimate of drug-likeness (QED) is 0.807. The van der Waals surface area contributed by atoms with Crippen molar-refractivity contribution in [3.05, 3.63) is 23.5 Å². The zero-order chi connectivity index (χ0) is 12.4. The summed E-state index contributed by atoms with van der Waals surface area (Å²) in [5.74, 6) is -1.04. The van der Waals surface area contributed by atoms with Crippen LogP contribution < -0.4 is 15.2 Å². The topological polar surface area (TPSA) is 81.8 Å². The molecular weight excluding hydrogens is 229 g/mol. The number of fused-ring (bicyclic) bond motifs is 1. The van der Waals surface area contributed by atoms with Crippen molar-refractivity contribution in [2.75, 3.05) is 13.2 Å². The monoisotopic (exact) mass is 241 g/mol. The molecule has 0 fully saturated rings. The number of carboxylic acids is 1. The van der Waals surface area contributed by atoms with Crippen LogP contribution in [0.25, 0.3) is 0 Å². The van der Waals surface area contributed by atoms with Crippen LogP contribution in [0.4, 0.5) is 4.39 Å². The molecule has 17 heavy (non-hydrogen) atoms. The Morgan fingerprint density at radius 2 is 2.18 bits per heavy atom. The summed E-state index contributed by atoms with van der Waals surface area (Å²) in [5, 5.41) is 8.72. The number of rotatable bonds is 3. The van der Waals surface area contributed by atoms with Crippen molar-refractivity contribution in [1.29, 1.82) is 0 Å². The normalized spacial score (nSPS) is 15.4. The van der Waals surface area contributed by atoms with Crippen molar-refractivity contribution in [3.8, 4) is 11.5 Å². The van der Waals surface area contributed by atoms with Gasteiger partial charge in [-0.25, -0.2) is 4.39 Å². The Kier molecular flexibility index (Phi) is 3.14. The van der Waals surface area contributed by atoms with Crippen LogP contribution in [0, 0.1) is 5.82 Å². The molecule has 92 valence electrons. The van der Waals surface area contributed by atoms with Gasteiger partial charge in [-0.1, -0.05) is 0 Å². The van der Waals surface area contributed by atoms with E-state index in [0.717, 1.165) is 0 Å². The first-order valence-electron chi connectivity index (χ1n) is 5.15. The molecular formula is C11H12FNO4. The van der Waals surface area contributed by atoms with Crippen molar-refractivity contribution in [2.45, 2.75) is 12.5 Å². The fourth-order valence-electron chi connectivity index (χ4n) is 1.65. The van der Waals surface area contributed by atoms with Crippen LogP contribution >= 0.6 is 0 Å². The van der Waals surface area contributed by atoms with Gasteiger partial charge in [-0.05, 0) is 12.1 Å². The molecule has 1 aliphatic rings. The summed E-state index contributed by atoms with van der Waals surface area (Å²) in [6.07, 6.45) is -0.131. The van der Waals surface area contributed by atoms with Gasteiger partial charge < -0.3 is 20.3 Å². The van der Waals surface area contributed by atoms with E-state index in [1.165, 1.54) is 12.1 Å². The van der Waals surface area contributed by atoms with E-state index in [9.17, 15) is 9.18 Å². The molecule has 1 atom stereocenters. The van der Waals surface area contributed by atoms with E-state index in [2.05, 4.69) is 0 Å². The fourth-order valence-corrected chi connectivity index (χ4v) is 1.65. The summed E-state index contributed by atoms with van der Waals surface area (Å²) in [7, 11) is 0. The fraction of sp³-hybridized carbons (Fsp3) is 0.364. The lowest BCUT2D eigenvalue weighted by molar-refractivity contribution is -0.138. The Morgan fingerprint density at radius 3 is 2.88 bits per heavy atom. The molecule has 0 bridgehead atoms. The number of hydrogen-bond acceptors (Lipinski definition) is 4. The molecule has 5 nitrogen and oxygen atoms in total. The first kappa shape index (κ1) is 11.7. The van der Waals surface area contributed by atoms with Gasteiger partial charge in [0.1, 0.15) is 25.1 Å². The van der Waals surface area contributed by atoms with Crippen LogP contribution in [0.3, 0.4) is 0 Å². The summed E-state index contributed by atoms with van der Waals surface area (Å²) in [5.41, 5.74) is 5.54. The first-order valence-corrected chi connectivity index (χ1v) is 5.15. The Morgan fingerprint density at radius 1 is 1.47 bits per heavy atom. The number of nitrogens with two attached hydrogens (primary N) is 1. The van der Waals surface area contributed by atoms with Crippen LogP contribution in [0.1, 0.15) is 5.56 Å². The Bertz CT molecular complexity index is 449. The summed E-state index contributed by atoms with van der Waals surface area (Å²) in [6, 6.07) is 1.51. The predicted octanol–water partition coefficient (Wildman–Crippen LogP) is 0.551. The molecule has 0 aliphatic carbocycles. The molecule has 0 spiro atoms. The van der Waals surface area contributed by atoms with Crippen LogP contribution in [-0.2, 0) is 11.2 Å². The molecule has 0 radical (unpaired) electrons. The number of halogens is 1. The second-order valence-electron chi connectivity index (χ2n) is 3.70. The minimum absolute atomic E-state index is 0.131. The van der Waals surface area contributed by atoms with Gasteiger partial charge in [0.15, 0.2) is 11.5 Å². The van der Waals surface area contributed by atoms with E-state index in [1.54, 1.807) is 0 Å². The van der Waals surface area contributed by atoms with E-state index in [4.69, 9.17) is 20.3 Å². The number of hydrogen-bond donors (Lipinski definition) is 2. The van der Waals surface area contributed by atoms with E-state index >= 15 is 0 Å². The SMILES string of the molecule is NC(Cc1c(F)ccc2c1OCCO2)C(=O)O.